The maximum absolute atomic E-state index is 6.08. The molecule has 6 heteroatoms. The largest absolute Gasteiger partial charge is 0.373 e. The Morgan fingerprint density at radius 2 is 1.83 bits per heavy atom. The Labute approximate surface area is 196 Å². The predicted molar refractivity (Wildman–Crippen MR) is 131 cm³/mol. The molecule has 5 nitrogen and oxygen atoms in total. The second-order valence-corrected chi connectivity index (χ2v) is 7.84. The molecule has 2 fully saturated rings. The molecule has 2 aromatic carbocycles. The number of halogens is 1. The highest BCUT2D eigenvalue weighted by molar-refractivity contribution is 14.0. The van der Waals surface area contributed by atoms with Gasteiger partial charge in [0.1, 0.15) is 6.10 Å². The lowest BCUT2D eigenvalue weighted by atomic mass is 9.95. The molecule has 0 saturated carbocycles. The molecule has 3 unspecified atom stereocenters. The molecule has 0 aromatic heterocycles. The molecule has 2 aliphatic heterocycles. The highest BCUT2D eigenvalue weighted by Crippen LogP contribution is 2.34. The molecule has 0 amide bonds. The second kappa shape index (κ2) is 11.1. The highest BCUT2D eigenvalue weighted by atomic mass is 127. The van der Waals surface area contributed by atoms with Gasteiger partial charge < -0.3 is 19.7 Å². The summed E-state index contributed by atoms with van der Waals surface area (Å²) in [6.07, 6.45) is 1.31. The van der Waals surface area contributed by atoms with Crippen LogP contribution in [0.2, 0.25) is 0 Å². The number of aryl methyl sites for hydroxylation is 1. The zero-order chi connectivity index (χ0) is 20.1. The first-order chi connectivity index (χ1) is 14.3. The molecule has 2 heterocycles. The van der Waals surface area contributed by atoms with Crippen LogP contribution >= 0.6 is 24.0 Å². The topological polar surface area (TPSA) is 46.1 Å². The van der Waals surface area contributed by atoms with E-state index in [1.165, 1.54) is 16.7 Å². The normalized spacial score (nSPS) is 24.4. The number of nitrogens with zero attached hydrogens (tertiary/aromatic N) is 2. The summed E-state index contributed by atoms with van der Waals surface area (Å²) in [5, 5.41) is 3.61. The van der Waals surface area contributed by atoms with Gasteiger partial charge in [-0.25, -0.2) is 0 Å². The molecule has 0 radical (unpaired) electrons. The van der Waals surface area contributed by atoms with E-state index in [1.54, 1.807) is 0 Å². The summed E-state index contributed by atoms with van der Waals surface area (Å²) in [4.78, 5) is 6.87. The summed E-state index contributed by atoms with van der Waals surface area (Å²) in [6.45, 7) is 6.20. The van der Waals surface area contributed by atoms with Crippen molar-refractivity contribution in [3.8, 4) is 0 Å². The summed E-state index contributed by atoms with van der Waals surface area (Å²) in [6, 6.07) is 19.0. The Morgan fingerprint density at radius 3 is 2.60 bits per heavy atom. The Morgan fingerprint density at radius 1 is 1.07 bits per heavy atom. The zero-order valence-electron chi connectivity index (χ0n) is 17.8. The van der Waals surface area contributed by atoms with Gasteiger partial charge in [-0.2, -0.15) is 0 Å². The fourth-order valence-electron chi connectivity index (χ4n) is 4.39. The van der Waals surface area contributed by atoms with E-state index < -0.39 is 0 Å². The molecule has 0 bridgehead atoms. The van der Waals surface area contributed by atoms with Crippen molar-refractivity contribution in [1.82, 2.24) is 10.2 Å². The molecule has 30 heavy (non-hydrogen) atoms. The van der Waals surface area contributed by atoms with Gasteiger partial charge in [0.05, 0.1) is 19.3 Å². The molecule has 162 valence electrons. The second-order valence-electron chi connectivity index (χ2n) is 7.84. The van der Waals surface area contributed by atoms with Crippen molar-refractivity contribution in [2.75, 3.05) is 39.9 Å². The van der Waals surface area contributed by atoms with Crippen molar-refractivity contribution in [1.29, 1.82) is 0 Å². The summed E-state index contributed by atoms with van der Waals surface area (Å²) in [5.41, 5.74) is 3.80. The van der Waals surface area contributed by atoms with Crippen LogP contribution in [0.15, 0.2) is 59.6 Å². The Bertz CT molecular complexity index is 830. The van der Waals surface area contributed by atoms with Gasteiger partial charge in [0, 0.05) is 32.7 Å². The quantitative estimate of drug-likeness (QED) is 0.370. The van der Waals surface area contributed by atoms with Crippen molar-refractivity contribution in [3.63, 3.8) is 0 Å². The van der Waals surface area contributed by atoms with E-state index in [9.17, 15) is 0 Å². The van der Waals surface area contributed by atoms with E-state index in [0.29, 0.717) is 12.5 Å². The molecule has 2 aliphatic rings. The molecule has 3 atom stereocenters. The Balaban J connectivity index is 0.00000256. The van der Waals surface area contributed by atoms with E-state index >= 15 is 0 Å². The molecule has 0 spiro atoms. The summed E-state index contributed by atoms with van der Waals surface area (Å²) in [5.74, 6) is 1.40. The maximum Gasteiger partial charge on any atom is 0.193 e. The number of guanidine groups is 1. The number of morpholine rings is 1. The molecule has 1 N–H and O–H groups in total. The number of hydrogen-bond donors (Lipinski definition) is 1. The van der Waals surface area contributed by atoms with Gasteiger partial charge in [-0.3, -0.25) is 4.99 Å². The average Bonchev–Trinajstić information content (AvgIpc) is 3.24. The monoisotopic (exact) mass is 521 g/mol. The standard InChI is InChI=1S/C24H31N3O2.HI/c1-18-8-6-7-11-21(18)22-17-27(13-15-28-22)24(25-2)26-16-20-12-14-29-23(20)19-9-4-3-5-10-19;/h3-11,20,22-23H,12-17H2,1-2H3,(H,25,26);1H. The van der Waals surface area contributed by atoms with Gasteiger partial charge in [0.15, 0.2) is 5.96 Å². The smallest absolute Gasteiger partial charge is 0.193 e. The van der Waals surface area contributed by atoms with Gasteiger partial charge in [-0.15, -0.1) is 24.0 Å². The Kier molecular flexibility index (Phi) is 8.53. The minimum absolute atomic E-state index is 0. The predicted octanol–water partition coefficient (Wildman–Crippen LogP) is 4.34. The van der Waals surface area contributed by atoms with E-state index in [-0.39, 0.29) is 36.2 Å². The van der Waals surface area contributed by atoms with Crippen molar-refractivity contribution < 1.29 is 9.47 Å². The third kappa shape index (κ3) is 5.34. The number of nitrogens with one attached hydrogen (secondary N) is 1. The zero-order valence-corrected chi connectivity index (χ0v) is 20.1. The molecular formula is C24H32IN3O2. The number of hydrogen-bond acceptors (Lipinski definition) is 3. The van der Waals surface area contributed by atoms with Crippen LogP contribution in [-0.4, -0.2) is 50.8 Å². The number of rotatable bonds is 4. The van der Waals surface area contributed by atoms with Crippen LogP contribution in [0.4, 0.5) is 0 Å². The lowest BCUT2D eigenvalue weighted by Gasteiger charge is -2.36. The van der Waals surface area contributed by atoms with Crippen molar-refractivity contribution in [3.05, 3.63) is 71.3 Å². The van der Waals surface area contributed by atoms with Crippen LogP contribution in [0.5, 0.6) is 0 Å². The van der Waals surface area contributed by atoms with Crippen molar-refractivity contribution in [2.45, 2.75) is 25.6 Å². The first kappa shape index (κ1) is 23.0. The molecular weight excluding hydrogens is 489 g/mol. The van der Waals surface area contributed by atoms with E-state index in [4.69, 9.17) is 9.47 Å². The number of ether oxygens (including phenoxy) is 2. The van der Waals surface area contributed by atoms with E-state index in [0.717, 1.165) is 38.6 Å². The van der Waals surface area contributed by atoms with Gasteiger partial charge in [-0.05, 0) is 30.0 Å². The van der Waals surface area contributed by atoms with Crippen LogP contribution in [-0.2, 0) is 9.47 Å². The minimum atomic E-state index is 0. The highest BCUT2D eigenvalue weighted by Gasteiger charge is 2.31. The third-order valence-corrected chi connectivity index (χ3v) is 5.98. The first-order valence-electron chi connectivity index (χ1n) is 10.6. The van der Waals surface area contributed by atoms with Gasteiger partial charge in [0.25, 0.3) is 0 Å². The van der Waals surface area contributed by atoms with Crippen LogP contribution in [0.25, 0.3) is 0 Å². The molecule has 2 aromatic rings. The molecule has 2 saturated heterocycles. The SMILES string of the molecule is CN=C(NCC1CCOC1c1ccccc1)N1CCOC(c2ccccc2C)C1.I. The summed E-state index contributed by atoms with van der Waals surface area (Å²) in [7, 11) is 1.86. The van der Waals surface area contributed by atoms with E-state index in [2.05, 4.69) is 76.7 Å². The fourth-order valence-corrected chi connectivity index (χ4v) is 4.39. The third-order valence-electron chi connectivity index (χ3n) is 5.98. The molecule has 4 rings (SSSR count). The van der Waals surface area contributed by atoms with Crippen LogP contribution < -0.4 is 5.32 Å². The van der Waals surface area contributed by atoms with Crippen molar-refractivity contribution in [2.24, 2.45) is 10.9 Å². The van der Waals surface area contributed by atoms with Crippen LogP contribution in [0.1, 0.15) is 35.3 Å². The molecule has 0 aliphatic carbocycles. The lowest BCUT2D eigenvalue weighted by molar-refractivity contribution is -0.00844. The van der Waals surface area contributed by atoms with Crippen LogP contribution in [0.3, 0.4) is 0 Å². The van der Waals surface area contributed by atoms with E-state index in [1.807, 2.05) is 7.05 Å². The number of aliphatic imine (C=N–C) groups is 1. The van der Waals surface area contributed by atoms with Gasteiger partial charge in [-0.1, -0.05) is 54.6 Å². The van der Waals surface area contributed by atoms with Gasteiger partial charge >= 0.3 is 0 Å². The van der Waals surface area contributed by atoms with Crippen molar-refractivity contribution >= 4 is 29.9 Å². The lowest BCUT2D eigenvalue weighted by Crippen LogP contribution is -2.49. The average molecular weight is 521 g/mol. The maximum atomic E-state index is 6.08. The minimum Gasteiger partial charge on any atom is -0.373 e. The fraction of sp³-hybridized carbons (Fsp3) is 0.458. The number of benzene rings is 2. The van der Waals surface area contributed by atoms with Crippen LogP contribution in [0, 0.1) is 12.8 Å². The summed E-state index contributed by atoms with van der Waals surface area (Å²) >= 11 is 0. The summed E-state index contributed by atoms with van der Waals surface area (Å²) < 4.78 is 12.1. The van der Waals surface area contributed by atoms with Gasteiger partial charge in [0.2, 0.25) is 0 Å². The Hall–Kier alpha value is -1.64. The first-order valence-corrected chi connectivity index (χ1v) is 10.6.